The van der Waals surface area contributed by atoms with Crippen LogP contribution in [0.5, 0.6) is 0 Å². The number of benzene rings is 2. The smallest absolute Gasteiger partial charge is 0.307 e. The molecule has 1 atom stereocenters. The van der Waals surface area contributed by atoms with Gasteiger partial charge in [0, 0.05) is 28.6 Å². The molecule has 1 heterocycles. The lowest BCUT2D eigenvalue weighted by Gasteiger charge is -2.20. The Kier molecular flexibility index (Phi) is 4.75. The predicted molar refractivity (Wildman–Crippen MR) is 94.8 cm³/mol. The van der Waals surface area contributed by atoms with Crippen LogP contribution < -0.4 is 4.90 Å². The van der Waals surface area contributed by atoms with Crippen molar-refractivity contribution in [3.8, 4) is 0 Å². The first-order valence-electron chi connectivity index (χ1n) is 7.40. The van der Waals surface area contributed by atoms with Crippen molar-refractivity contribution in [1.29, 1.82) is 0 Å². The molecular weight excluding hydrogens is 413 g/mol. The fourth-order valence-electron chi connectivity index (χ4n) is 2.77. The van der Waals surface area contributed by atoms with Gasteiger partial charge in [0.2, 0.25) is 5.91 Å². The van der Waals surface area contributed by atoms with Crippen LogP contribution in [0.1, 0.15) is 22.3 Å². The van der Waals surface area contributed by atoms with Crippen molar-refractivity contribution in [3.05, 3.63) is 64.1 Å². The maximum absolute atomic E-state index is 13.3. The predicted octanol–water partition coefficient (Wildman–Crippen LogP) is 3.08. The van der Waals surface area contributed by atoms with Crippen LogP contribution in [0.15, 0.2) is 53.0 Å². The van der Waals surface area contributed by atoms with Gasteiger partial charge in [-0.25, -0.2) is 0 Å². The zero-order chi connectivity index (χ0) is 18.2. The number of hydrogen-bond acceptors (Lipinski definition) is 4. The first kappa shape index (κ1) is 17.8. The molecule has 130 valence electrons. The van der Waals surface area contributed by atoms with Crippen molar-refractivity contribution in [2.45, 2.75) is 11.7 Å². The molecule has 1 aliphatic rings. The zero-order valence-electron chi connectivity index (χ0n) is 12.9. The number of rotatable bonds is 4. The van der Waals surface area contributed by atoms with Gasteiger partial charge in [-0.3, -0.25) is 9.59 Å². The van der Waals surface area contributed by atoms with E-state index in [9.17, 15) is 21.9 Å². The second-order valence-corrected chi connectivity index (χ2v) is 8.20. The fourth-order valence-corrected chi connectivity index (χ4v) is 3.80. The van der Waals surface area contributed by atoms with Gasteiger partial charge in [-0.2, -0.15) is 8.42 Å². The molecule has 1 amide bonds. The molecular formula is C17H13BrFNO4S. The van der Waals surface area contributed by atoms with E-state index in [4.69, 9.17) is 0 Å². The lowest BCUT2D eigenvalue weighted by molar-refractivity contribution is -0.117. The minimum absolute atomic E-state index is 0.242. The minimum atomic E-state index is -4.83. The fraction of sp³-hybridized carbons (Fsp3) is 0.176. The van der Waals surface area contributed by atoms with Crippen LogP contribution in [-0.2, 0) is 15.0 Å². The van der Waals surface area contributed by atoms with E-state index in [0.717, 1.165) is 4.90 Å². The van der Waals surface area contributed by atoms with Gasteiger partial charge < -0.3 is 4.90 Å². The van der Waals surface area contributed by atoms with Gasteiger partial charge in [-0.1, -0.05) is 46.3 Å². The first-order chi connectivity index (χ1) is 11.8. The Bertz CT molecular complexity index is 946. The number of halogens is 2. The monoisotopic (exact) mass is 425 g/mol. The topological polar surface area (TPSA) is 71.5 Å². The van der Waals surface area contributed by atoms with E-state index in [-0.39, 0.29) is 23.6 Å². The first-order valence-corrected chi connectivity index (χ1v) is 9.64. The highest BCUT2D eigenvalue weighted by Gasteiger charge is 2.40. The van der Waals surface area contributed by atoms with Gasteiger partial charge in [0.1, 0.15) is 5.25 Å². The Labute approximate surface area is 152 Å². The normalized spacial score (nSPS) is 17.8. The molecule has 1 unspecified atom stereocenters. The molecule has 25 heavy (non-hydrogen) atoms. The van der Waals surface area contributed by atoms with Crippen molar-refractivity contribution < 1.29 is 21.9 Å². The molecule has 2 aromatic rings. The Morgan fingerprint density at radius 2 is 1.84 bits per heavy atom. The molecule has 2 aromatic carbocycles. The van der Waals surface area contributed by atoms with Crippen LogP contribution in [0.4, 0.5) is 9.57 Å². The highest BCUT2D eigenvalue weighted by Crippen LogP contribution is 2.32. The second kappa shape index (κ2) is 6.68. The molecule has 0 aromatic heterocycles. The van der Waals surface area contributed by atoms with Crippen molar-refractivity contribution >= 4 is 43.5 Å². The molecule has 0 spiro atoms. The summed E-state index contributed by atoms with van der Waals surface area (Å²) in [6, 6.07) is 13.3. The molecule has 1 fully saturated rings. The van der Waals surface area contributed by atoms with Crippen molar-refractivity contribution in [1.82, 2.24) is 0 Å². The van der Waals surface area contributed by atoms with Crippen LogP contribution in [-0.4, -0.2) is 31.9 Å². The Morgan fingerprint density at radius 1 is 1.16 bits per heavy atom. The standard InChI is InChI=1S/C17H13BrFNO4S/c18-12-6-7-15(20-10-13(9-16(20)21)25(19,23)24)14(8-12)17(22)11-4-2-1-3-5-11/h1-8,13H,9-10H2. The van der Waals surface area contributed by atoms with Crippen molar-refractivity contribution in [2.24, 2.45) is 0 Å². The van der Waals surface area contributed by atoms with Crippen molar-refractivity contribution in [3.63, 3.8) is 0 Å². The highest BCUT2D eigenvalue weighted by atomic mass is 79.9. The molecule has 0 saturated carbocycles. The summed E-state index contributed by atoms with van der Waals surface area (Å²) in [7, 11) is -4.83. The van der Waals surface area contributed by atoms with E-state index < -0.39 is 27.8 Å². The molecule has 1 aliphatic heterocycles. The molecule has 0 N–H and O–H groups in total. The summed E-state index contributed by atoms with van der Waals surface area (Å²) in [6.45, 7) is -0.311. The number of ketones is 1. The Balaban J connectivity index is 2.04. The maximum Gasteiger partial charge on any atom is 0.307 e. The molecule has 0 radical (unpaired) electrons. The van der Waals surface area contributed by atoms with Crippen LogP contribution in [0, 0.1) is 0 Å². The maximum atomic E-state index is 13.3. The zero-order valence-corrected chi connectivity index (χ0v) is 15.3. The number of carbonyl (C=O) groups is 2. The van der Waals surface area contributed by atoms with E-state index in [0.29, 0.717) is 10.0 Å². The molecule has 5 nitrogen and oxygen atoms in total. The average molecular weight is 426 g/mol. The van der Waals surface area contributed by atoms with Gasteiger partial charge in [0.25, 0.3) is 0 Å². The summed E-state index contributed by atoms with van der Waals surface area (Å²) in [5.74, 6) is -0.841. The largest absolute Gasteiger partial charge is 0.310 e. The quantitative estimate of drug-likeness (QED) is 0.557. The third-order valence-corrected chi connectivity index (χ3v) is 5.62. The summed E-state index contributed by atoms with van der Waals surface area (Å²) in [6.07, 6.45) is -0.437. The number of carbonyl (C=O) groups excluding carboxylic acids is 2. The molecule has 1 saturated heterocycles. The SMILES string of the molecule is O=C(c1ccccc1)c1cc(Br)ccc1N1CC(S(=O)(=O)F)CC1=O. The van der Waals surface area contributed by atoms with Crippen LogP contribution in [0.2, 0.25) is 0 Å². The lowest BCUT2D eigenvalue weighted by Crippen LogP contribution is -2.28. The highest BCUT2D eigenvalue weighted by molar-refractivity contribution is 9.10. The summed E-state index contributed by atoms with van der Waals surface area (Å²) in [4.78, 5) is 26.2. The summed E-state index contributed by atoms with van der Waals surface area (Å²) in [5.41, 5.74) is 0.946. The van der Waals surface area contributed by atoms with Gasteiger partial charge in [-0.05, 0) is 18.2 Å². The molecule has 8 heteroatoms. The third kappa shape index (κ3) is 3.64. The van der Waals surface area contributed by atoms with Gasteiger partial charge >= 0.3 is 10.2 Å². The van der Waals surface area contributed by atoms with E-state index in [1.165, 1.54) is 0 Å². The van der Waals surface area contributed by atoms with Crippen LogP contribution in [0.3, 0.4) is 0 Å². The van der Waals surface area contributed by atoms with Gasteiger partial charge in [-0.15, -0.1) is 3.89 Å². The van der Waals surface area contributed by atoms with E-state index in [1.54, 1.807) is 48.5 Å². The van der Waals surface area contributed by atoms with Crippen LogP contribution >= 0.6 is 15.9 Å². The lowest BCUT2D eigenvalue weighted by atomic mass is 10.0. The number of anilines is 1. The number of amides is 1. The van der Waals surface area contributed by atoms with E-state index in [1.807, 2.05) is 0 Å². The molecule has 3 rings (SSSR count). The summed E-state index contributed by atoms with van der Waals surface area (Å²) < 4.78 is 36.2. The second-order valence-electron chi connectivity index (χ2n) is 5.66. The average Bonchev–Trinajstić information content (AvgIpc) is 2.97. The number of hydrogen-bond donors (Lipinski definition) is 0. The van der Waals surface area contributed by atoms with E-state index in [2.05, 4.69) is 15.9 Å². The third-order valence-electron chi connectivity index (χ3n) is 4.02. The van der Waals surface area contributed by atoms with Crippen molar-refractivity contribution in [2.75, 3.05) is 11.4 Å². The van der Waals surface area contributed by atoms with E-state index >= 15 is 0 Å². The van der Waals surface area contributed by atoms with Gasteiger partial charge in [0.15, 0.2) is 5.78 Å². The minimum Gasteiger partial charge on any atom is -0.310 e. The Morgan fingerprint density at radius 3 is 2.44 bits per heavy atom. The molecule has 0 bridgehead atoms. The summed E-state index contributed by atoms with van der Waals surface area (Å²) >= 11 is 3.29. The molecule has 0 aliphatic carbocycles. The Hall–Kier alpha value is -2.06. The van der Waals surface area contributed by atoms with Gasteiger partial charge in [0.05, 0.1) is 5.69 Å². The number of nitrogens with zero attached hydrogens (tertiary/aromatic N) is 1. The summed E-state index contributed by atoms with van der Waals surface area (Å²) in [5, 5.41) is -1.41. The van der Waals surface area contributed by atoms with Crippen LogP contribution in [0.25, 0.3) is 0 Å².